The Labute approximate surface area is 254 Å². The van der Waals surface area contributed by atoms with E-state index in [0.29, 0.717) is 16.3 Å². The Morgan fingerprint density at radius 2 is 1.62 bits per heavy atom. The maximum absolute atomic E-state index is 14.3. The van der Waals surface area contributed by atoms with Crippen LogP contribution in [0.15, 0.2) is 72.8 Å². The Morgan fingerprint density at radius 3 is 2.26 bits per heavy atom. The summed E-state index contributed by atoms with van der Waals surface area (Å²) >= 11 is 6.54. The van der Waals surface area contributed by atoms with Crippen LogP contribution in [0.3, 0.4) is 0 Å². The van der Waals surface area contributed by atoms with Crippen molar-refractivity contribution >= 4 is 39.1 Å². The SMILES string of the molecule is Cc1ccc(N(CC(=O)N(Cc2ccccc2Cl)[C@H](Cc2ccccc2)C(=O)NC2CCCCC2)S(C)(=O)=O)c(C)c1. The zero-order valence-corrected chi connectivity index (χ0v) is 26.1. The van der Waals surface area contributed by atoms with Crippen LogP contribution in [0.1, 0.15) is 54.4 Å². The molecule has 1 aliphatic rings. The van der Waals surface area contributed by atoms with Crippen molar-refractivity contribution in [2.75, 3.05) is 17.1 Å². The quantitative estimate of drug-likeness (QED) is 0.297. The number of hydrogen-bond donors (Lipinski definition) is 1. The van der Waals surface area contributed by atoms with Gasteiger partial charge in [-0.15, -0.1) is 0 Å². The molecule has 2 amide bonds. The zero-order chi connectivity index (χ0) is 30.3. The van der Waals surface area contributed by atoms with Crippen LogP contribution in [0.5, 0.6) is 0 Å². The number of aryl methyl sites for hydroxylation is 2. The first-order valence-corrected chi connectivity index (χ1v) is 16.7. The predicted octanol–water partition coefficient (Wildman–Crippen LogP) is 5.81. The number of carbonyl (C=O) groups excluding carboxylic acids is 2. The topological polar surface area (TPSA) is 86.8 Å². The van der Waals surface area contributed by atoms with Crippen molar-refractivity contribution in [3.63, 3.8) is 0 Å². The minimum absolute atomic E-state index is 0.0458. The second-order valence-electron chi connectivity index (χ2n) is 11.2. The summed E-state index contributed by atoms with van der Waals surface area (Å²) in [7, 11) is -3.83. The van der Waals surface area contributed by atoms with Gasteiger partial charge in [-0.1, -0.05) is 97.1 Å². The molecule has 1 fully saturated rings. The molecule has 0 spiro atoms. The second-order valence-corrected chi connectivity index (χ2v) is 13.5. The van der Waals surface area contributed by atoms with E-state index in [1.165, 1.54) is 4.90 Å². The lowest BCUT2D eigenvalue weighted by Gasteiger charge is -2.35. The fraction of sp³-hybridized carbons (Fsp3) is 0.394. The van der Waals surface area contributed by atoms with Crippen molar-refractivity contribution in [2.24, 2.45) is 0 Å². The van der Waals surface area contributed by atoms with Crippen LogP contribution in [0.4, 0.5) is 5.69 Å². The summed E-state index contributed by atoms with van der Waals surface area (Å²) in [6, 6.07) is 21.4. The molecule has 1 N–H and O–H groups in total. The molecule has 224 valence electrons. The Morgan fingerprint density at radius 1 is 0.952 bits per heavy atom. The molecule has 42 heavy (non-hydrogen) atoms. The molecule has 0 radical (unpaired) electrons. The minimum atomic E-state index is -3.83. The van der Waals surface area contributed by atoms with Gasteiger partial charge in [0.05, 0.1) is 11.9 Å². The van der Waals surface area contributed by atoms with E-state index < -0.39 is 28.5 Å². The normalized spacial score (nSPS) is 14.7. The lowest BCUT2D eigenvalue weighted by atomic mass is 9.94. The Kier molecular flexibility index (Phi) is 10.7. The van der Waals surface area contributed by atoms with Crippen LogP contribution in [0, 0.1) is 13.8 Å². The van der Waals surface area contributed by atoms with Crippen LogP contribution >= 0.6 is 11.6 Å². The number of anilines is 1. The van der Waals surface area contributed by atoms with E-state index in [2.05, 4.69) is 5.32 Å². The van der Waals surface area contributed by atoms with Gasteiger partial charge in [-0.3, -0.25) is 13.9 Å². The maximum Gasteiger partial charge on any atom is 0.244 e. The molecule has 9 heteroatoms. The van der Waals surface area contributed by atoms with Gasteiger partial charge in [-0.25, -0.2) is 8.42 Å². The molecule has 1 saturated carbocycles. The third kappa shape index (κ3) is 8.35. The van der Waals surface area contributed by atoms with Crippen LogP contribution in [-0.2, 0) is 32.6 Å². The molecule has 1 atom stereocenters. The number of rotatable bonds is 11. The third-order valence-electron chi connectivity index (χ3n) is 7.82. The van der Waals surface area contributed by atoms with Gasteiger partial charge >= 0.3 is 0 Å². The van der Waals surface area contributed by atoms with E-state index in [4.69, 9.17) is 11.6 Å². The summed E-state index contributed by atoms with van der Waals surface area (Å²) in [4.78, 5) is 29.8. The van der Waals surface area contributed by atoms with Gasteiger partial charge in [0, 0.05) is 24.0 Å². The number of amides is 2. The molecule has 0 saturated heterocycles. The molecular formula is C33H40ClN3O4S. The van der Waals surface area contributed by atoms with E-state index in [-0.39, 0.29) is 24.9 Å². The summed E-state index contributed by atoms with van der Waals surface area (Å²) < 4.78 is 27.2. The summed E-state index contributed by atoms with van der Waals surface area (Å²) in [6.07, 6.45) is 6.42. The highest BCUT2D eigenvalue weighted by Crippen LogP contribution is 2.26. The van der Waals surface area contributed by atoms with Crippen molar-refractivity contribution in [2.45, 2.75) is 71.0 Å². The molecule has 4 rings (SSSR count). The smallest absolute Gasteiger partial charge is 0.244 e. The highest BCUT2D eigenvalue weighted by atomic mass is 35.5. The van der Waals surface area contributed by atoms with Gasteiger partial charge < -0.3 is 10.2 Å². The van der Waals surface area contributed by atoms with Crippen LogP contribution in [0.25, 0.3) is 0 Å². The Bertz CT molecular complexity index is 1490. The zero-order valence-electron chi connectivity index (χ0n) is 24.6. The van der Waals surface area contributed by atoms with E-state index >= 15 is 0 Å². The molecule has 0 aromatic heterocycles. The Hall–Kier alpha value is -3.36. The fourth-order valence-electron chi connectivity index (χ4n) is 5.59. The lowest BCUT2D eigenvalue weighted by molar-refractivity contribution is -0.140. The van der Waals surface area contributed by atoms with Crippen molar-refractivity contribution in [3.8, 4) is 0 Å². The van der Waals surface area contributed by atoms with Gasteiger partial charge in [-0.2, -0.15) is 0 Å². The van der Waals surface area contributed by atoms with Crippen LogP contribution in [-0.4, -0.2) is 50.0 Å². The average Bonchev–Trinajstić information content (AvgIpc) is 2.95. The van der Waals surface area contributed by atoms with Crippen molar-refractivity contribution in [1.82, 2.24) is 10.2 Å². The number of benzene rings is 3. The summed E-state index contributed by atoms with van der Waals surface area (Å²) in [6.45, 7) is 3.35. The number of nitrogens with zero attached hydrogens (tertiary/aromatic N) is 2. The highest BCUT2D eigenvalue weighted by Gasteiger charge is 2.34. The van der Waals surface area contributed by atoms with Crippen molar-refractivity contribution < 1.29 is 18.0 Å². The first-order chi connectivity index (χ1) is 20.0. The van der Waals surface area contributed by atoms with E-state index in [1.807, 2.05) is 68.4 Å². The van der Waals surface area contributed by atoms with Crippen LogP contribution < -0.4 is 9.62 Å². The molecule has 0 bridgehead atoms. The fourth-order valence-corrected chi connectivity index (χ4v) is 6.69. The van der Waals surface area contributed by atoms with Crippen molar-refractivity contribution in [1.29, 1.82) is 0 Å². The summed E-state index contributed by atoms with van der Waals surface area (Å²) in [5, 5.41) is 3.68. The highest BCUT2D eigenvalue weighted by molar-refractivity contribution is 7.92. The molecule has 1 aliphatic carbocycles. The first-order valence-electron chi connectivity index (χ1n) is 14.4. The van der Waals surface area contributed by atoms with Gasteiger partial charge in [0.2, 0.25) is 21.8 Å². The average molecular weight is 610 g/mol. The molecule has 0 unspecified atom stereocenters. The molecule has 7 nitrogen and oxygen atoms in total. The molecule has 0 heterocycles. The number of sulfonamides is 1. The molecule has 3 aromatic carbocycles. The summed E-state index contributed by atoms with van der Waals surface area (Å²) in [5.74, 6) is -0.733. The molecule has 3 aromatic rings. The maximum atomic E-state index is 14.3. The summed E-state index contributed by atoms with van der Waals surface area (Å²) in [5.41, 5.74) is 3.72. The second kappa shape index (κ2) is 14.2. The predicted molar refractivity (Wildman–Crippen MR) is 169 cm³/mol. The monoisotopic (exact) mass is 609 g/mol. The van der Waals surface area contributed by atoms with Crippen LogP contribution in [0.2, 0.25) is 5.02 Å². The van der Waals surface area contributed by atoms with E-state index in [1.54, 1.807) is 18.2 Å². The van der Waals surface area contributed by atoms with Crippen molar-refractivity contribution in [3.05, 3.63) is 100 Å². The van der Waals surface area contributed by atoms with E-state index in [0.717, 1.165) is 59.4 Å². The van der Waals surface area contributed by atoms with E-state index in [9.17, 15) is 18.0 Å². The largest absolute Gasteiger partial charge is 0.352 e. The van der Waals surface area contributed by atoms with Gasteiger partial charge in [0.15, 0.2) is 0 Å². The lowest BCUT2D eigenvalue weighted by Crippen LogP contribution is -2.55. The third-order valence-corrected chi connectivity index (χ3v) is 9.32. The minimum Gasteiger partial charge on any atom is -0.352 e. The molecular weight excluding hydrogens is 570 g/mol. The standard InChI is InChI=1S/C33H40ClN3O4S/c1-24-18-19-30(25(2)20-24)37(42(3,40)41)23-32(38)36(22-27-14-10-11-17-29(27)34)31(21-26-12-6-4-7-13-26)33(39)35-28-15-8-5-9-16-28/h4,6-7,10-14,17-20,28,31H,5,8-9,15-16,21-23H2,1-3H3,(H,35,39)/t31-/m1/s1. The number of halogens is 1. The number of carbonyl (C=O) groups is 2. The Balaban J connectivity index is 1.74. The molecule has 0 aliphatic heterocycles. The van der Waals surface area contributed by atoms with Gasteiger partial charge in [0.1, 0.15) is 12.6 Å². The number of hydrogen-bond acceptors (Lipinski definition) is 4. The van der Waals surface area contributed by atoms with Gasteiger partial charge in [-0.05, 0) is 55.5 Å². The first kappa shape index (κ1) is 31.6. The number of nitrogens with one attached hydrogen (secondary N) is 1. The van der Waals surface area contributed by atoms with Gasteiger partial charge in [0.25, 0.3) is 0 Å².